The summed E-state index contributed by atoms with van der Waals surface area (Å²) in [4.78, 5) is 31.6. The van der Waals surface area contributed by atoms with Crippen molar-refractivity contribution in [1.82, 2.24) is 0 Å². The molecule has 11 nitrogen and oxygen atoms in total. The van der Waals surface area contributed by atoms with E-state index in [1.165, 1.54) is 0 Å². The van der Waals surface area contributed by atoms with Gasteiger partial charge in [-0.25, -0.2) is 0 Å². The standard InChI is InChI=1S/C31H26N4O7/c36-11-30(12-37)32-19-5-1-3-15-17(7-9-21(34-30)23(15)19)25-27(40)26(29(42)28(25)41)18-8-10-22-24-16(18)4-2-6-20(24)33-31(13-38,14-39)35-22/h1-10,32-34,36-40H,11-14H2/b26-18+. The van der Waals surface area contributed by atoms with Gasteiger partial charge in [-0.1, -0.05) is 36.4 Å². The van der Waals surface area contributed by atoms with Crippen LogP contribution in [0.25, 0.3) is 32.7 Å². The Balaban J connectivity index is 1.48. The molecule has 3 aliphatic rings. The van der Waals surface area contributed by atoms with E-state index < -0.39 is 55.1 Å². The molecule has 0 amide bonds. The molecule has 1 aliphatic carbocycles. The fourth-order valence-electron chi connectivity index (χ4n) is 6.17. The molecule has 0 saturated carbocycles. The van der Waals surface area contributed by atoms with Gasteiger partial charge in [-0.2, -0.15) is 0 Å². The van der Waals surface area contributed by atoms with Crippen LogP contribution in [0, 0.1) is 0 Å². The first-order valence-corrected chi connectivity index (χ1v) is 13.3. The Morgan fingerprint density at radius 1 is 0.643 bits per heavy atom. The molecule has 0 saturated heterocycles. The topological polar surface area (TPSA) is 184 Å². The van der Waals surface area contributed by atoms with Crippen LogP contribution in [0.3, 0.4) is 0 Å². The summed E-state index contributed by atoms with van der Waals surface area (Å²) in [7, 11) is 0. The molecule has 8 N–H and O–H groups in total. The molecule has 4 aromatic carbocycles. The zero-order chi connectivity index (χ0) is 29.4. The lowest BCUT2D eigenvalue weighted by Crippen LogP contribution is -2.54. The Morgan fingerprint density at radius 3 is 1.93 bits per heavy atom. The number of hydrogen-bond acceptors (Lipinski definition) is 11. The van der Waals surface area contributed by atoms with Crippen molar-refractivity contribution in [2.24, 2.45) is 4.99 Å². The van der Waals surface area contributed by atoms with Gasteiger partial charge in [0.05, 0.1) is 42.9 Å². The second kappa shape index (κ2) is 9.10. The fourth-order valence-corrected chi connectivity index (χ4v) is 6.17. The van der Waals surface area contributed by atoms with E-state index >= 15 is 0 Å². The second-order valence-electron chi connectivity index (χ2n) is 10.7. The molecular formula is C31H26N4O7. The van der Waals surface area contributed by atoms with Crippen LogP contribution in [0.1, 0.15) is 5.56 Å². The number of benzene rings is 4. The molecule has 212 valence electrons. The average Bonchev–Trinajstić information content (AvgIpc) is 3.24. The number of ketones is 2. The number of rotatable bonds is 5. The lowest BCUT2D eigenvalue weighted by molar-refractivity contribution is -0.129. The Morgan fingerprint density at radius 2 is 1.26 bits per heavy atom. The summed E-state index contributed by atoms with van der Waals surface area (Å²) in [5.74, 6) is -2.13. The van der Waals surface area contributed by atoms with Crippen LogP contribution in [0.2, 0.25) is 0 Å². The molecule has 2 aliphatic heterocycles. The normalized spacial score (nSPS) is 19.4. The van der Waals surface area contributed by atoms with E-state index in [1.54, 1.807) is 60.7 Å². The molecule has 0 radical (unpaired) electrons. The predicted molar refractivity (Wildman–Crippen MR) is 156 cm³/mol. The van der Waals surface area contributed by atoms with Crippen LogP contribution < -0.4 is 26.5 Å². The maximum atomic E-state index is 13.5. The van der Waals surface area contributed by atoms with Gasteiger partial charge in [-0.15, -0.1) is 0 Å². The molecular weight excluding hydrogens is 540 g/mol. The first kappa shape index (κ1) is 26.1. The maximum Gasteiger partial charge on any atom is 0.238 e. The molecule has 0 bridgehead atoms. The van der Waals surface area contributed by atoms with Crippen LogP contribution >= 0.6 is 0 Å². The predicted octanol–water partition coefficient (Wildman–Crippen LogP) is 0.509. The van der Waals surface area contributed by atoms with E-state index in [2.05, 4.69) is 20.9 Å². The van der Waals surface area contributed by atoms with Gasteiger partial charge in [-0.3, -0.25) is 14.6 Å². The SMILES string of the molecule is O=C1C(=O)/C(=c2\ccc3c4c(cccc24)NC(CO)(CO)N=3)C(O)=C1c1ccc2c3c(cccc13)NC(CO)(CO)N2. The van der Waals surface area contributed by atoms with Crippen LogP contribution in [0.15, 0.2) is 71.4 Å². The van der Waals surface area contributed by atoms with Gasteiger partial charge < -0.3 is 41.5 Å². The van der Waals surface area contributed by atoms with Gasteiger partial charge >= 0.3 is 0 Å². The van der Waals surface area contributed by atoms with Gasteiger partial charge in [0.1, 0.15) is 5.76 Å². The molecule has 0 spiro atoms. The minimum absolute atomic E-state index is 0.122. The summed E-state index contributed by atoms with van der Waals surface area (Å²) >= 11 is 0. The van der Waals surface area contributed by atoms with Gasteiger partial charge in [0.2, 0.25) is 11.6 Å². The number of anilines is 3. The van der Waals surface area contributed by atoms with Crippen molar-refractivity contribution >= 4 is 61.3 Å². The third kappa shape index (κ3) is 3.45. The fraction of sp³-hybridized carbons (Fsp3) is 0.194. The van der Waals surface area contributed by atoms with Crippen molar-refractivity contribution < 1.29 is 35.1 Å². The average molecular weight is 567 g/mol. The van der Waals surface area contributed by atoms with E-state index in [-0.39, 0.29) is 11.1 Å². The highest BCUT2D eigenvalue weighted by Gasteiger charge is 2.40. The number of aliphatic hydroxyl groups is 5. The summed E-state index contributed by atoms with van der Waals surface area (Å²) in [5, 5.41) is 63.8. The number of nitrogens with one attached hydrogen (secondary N) is 3. The van der Waals surface area contributed by atoms with Gasteiger partial charge in [0.25, 0.3) is 0 Å². The van der Waals surface area contributed by atoms with Crippen LogP contribution in [-0.2, 0) is 9.59 Å². The van der Waals surface area contributed by atoms with E-state index in [1.807, 2.05) is 0 Å². The summed E-state index contributed by atoms with van der Waals surface area (Å²) in [6.45, 7) is -1.68. The summed E-state index contributed by atoms with van der Waals surface area (Å²) in [6, 6.07) is 17.1. The van der Waals surface area contributed by atoms with Crippen molar-refractivity contribution in [3.63, 3.8) is 0 Å². The van der Waals surface area contributed by atoms with Gasteiger partial charge in [0, 0.05) is 27.8 Å². The number of hydrogen-bond donors (Lipinski definition) is 8. The third-order valence-corrected chi connectivity index (χ3v) is 8.24. The van der Waals surface area contributed by atoms with Crippen molar-refractivity contribution in [2.45, 2.75) is 11.3 Å². The maximum absolute atomic E-state index is 13.5. The Labute approximate surface area is 237 Å². The van der Waals surface area contributed by atoms with Crippen molar-refractivity contribution in [3.05, 3.63) is 82.6 Å². The van der Waals surface area contributed by atoms with Gasteiger partial charge in [-0.05, 0) is 45.8 Å². The number of nitrogens with zero attached hydrogens (tertiary/aromatic N) is 1. The highest BCUT2D eigenvalue weighted by Crippen LogP contribution is 2.43. The first-order chi connectivity index (χ1) is 20.3. The number of aliphatic hydroxyl groups excluding tert-OH is 5. The minimum atomic E-state index is -1.31. The Hall–Kier alpha value is -4.81. The molecule has 0 atom stereocenters. The van der Waals surface area contributed by atoms with Gasteiger partial charge in [0.15, 0.2) is 11.3 Å². The highest BCUT2D eigenvalue weighted by atomic mass is 16.3. The third-order valence-electron chi connectivity index (χ3n) is 8.24. The zero-order valence-corrected chi connectivity index (χ0v) is 22.1. The first-order valence-electron chi connectivity index (χ1n) is 13.3. The molecule has 11 heteroatoms. The lowest BCUT2D eigenvalue weighted by Gasteiger charge is -2.39. The molecule has 0 fully saturated rings. The molecule has 0 aromatic heterocycles. The second-order valence-corrected chi connectivity index (χ2v) is 10.7. The summed E-state index contributed by atoms with van der Waals surface area (Å²) in [6.07, 6.45) is 0. The van der Waals surface area contributed by atoms with Crippen molar-refractivity contribution in [2.75, 3.05) is 42.4 Å². The smallest absolute Gasteiger partial charge is 0.238 e. The van der Waals surface area contributed by atoms with E-state index in [0.29, 0.717) is 54.7 Å². The molecule has 7 rings (SSSR count). The largest absolute Gasteiger partial charge is 0.506 e. The Bertz CT molecular complexity index is 2010. The van der Waals surface area contributed by atoms with E-state index in [4.69, 9.17) is 0 Å². The quantitative estimate of drug-likeness (QED) is 0.158. The molecule has 0 unspecified atom stereocenters. The number of carbonyl (C=O) groups is 2. The molecule has 4 aromatic rings. The van der Waals surface area contributed by atoms with Crippen LogP contribution in [-0.4, -0.2) is 74.9 Å². The summed E-state index contributed by atoms with van der Waals surface area (Å²) in [5.41, 5.74) is -0.596. The van der Waals surface area contributed by atoms with E-state index in [0.717, 1.165) is 0 Å². The molecule has 42 heavy (non-hydrogen) atoms. The monoisotopic (exact) mass is 566 g/mol. The van der Waals surface area contributed by atoms with E-state index in [9.17, 15) is 35.1 Å². The van der Waals surface area contributed by atoms with Crippen LogP contribution in [0.4, 0.5) is 17.1 Å². The number of allylic oxidation sites excluding steroid dienone is 2. The van der Waals surface area contributed by atoms with Crippen molar-refractivity contribution in [3.8, 4) is 0 Å². The lowest BCUT2D eigenvalue weighted by atomic mass is 9.92. The minimum Gasteiger partial charge on any atom is -0.506 e. The number of Topliss-reactive ketones (excluding diaryl/α,β-unsaturated/α-hetero) is 2. The van der Waals surface area contributed by atoms with Crippen LogP contribution in [0.5, 0.6) is 0 Å². The number of carbonyl (C=O) groups excluding carboxylic acids is 2. The summed E-state index contributed by atoms with van der Waals surface area (Å²) < 4.78 is 0. The highest BCUT2D eigenvalue weighted by molar-refractivity contribution is 6.70. The molecule has 2 heterocycles. The van der Waals surface area contributed by atoms with Crippen molar-refractivity contribution in [1.29, 1.82) is 0 Å². The zero-order valence-electron chi connectivity index (χ0n) is 22.1. The Kier molecular flexibility index (Phi) is 5.66.